The summed E-state index contributed by atoms with van der Waals surface area (Å²) < 4.78 is 11.3. The molecule has 0 radical (unpaired) electrons. The Kier molecular flexibility index (Phi) is 4.67. The van der Waals surface area contributed by atoms with Gasteiger partial charge in [-0.1, -0.05) is 25.4 Å². The second-order valence-corrected chi connectivity index (χ2v) is 9.76. The number of carbonyl (C=O) groups excluding carboxylic acids is 2. The molecule has 160 valence electrons. The van der Waals surface area contributed by atoms with Crippen molar-refractivity contribution in [1.82, 2.24) is 20.4 Å². The fourth-order valence-corrected chi connectivity index (χ4v) is 4.64. The first kappa shape index (κ1) is 19.3. The molecule has 1 aliphatic carbocycles. The number of amides is 2. The van der Waals surface area contributed by atoms with E-state index in [2.05, 4.69) is 29.3 Å². The third kappa shape index (κ3) is 3.52. The highest BCUT2D eigenvalue weighted by Crippen LogP contribution is 2.35. The standard InChI is InChI=1S/C22H28N4O4/c1-22(2)8-16-18(20(28)23-12-22)15(11-29-16)21-24-19(25-30-21)14-6-7-17(27)26(10-14)9-13-4-3-5-13/h11,13-14H,3-10,12H2,1-2H3,(H,23,28). The summed E-state index contributed by atoms with van der Waals surface area (Å²) in [5.74, 6) is 2.29. The zero-order valence-electron chi connectivity index (χ0n) is 17.6. The molecule has 4 heterocycles. The molecular weight excluding hydrogens is 384 g/mol. The van der Waals surface area contributed by atoms with Crippen molar-refractivity contribution in [2.24, 2.45) is 11.3 Å². The van der Waals surface area contributed by atoms with Gasteiger partial charge in [-0.3, -0.25) is 9.59 Å². The fraction of sp³-hybridized carbons (Fsp3) is 0.636. The van der Waals surface area contributed by atoms with Crippen LogP contribution in [0.1, 0.15) is 73.8 Å². The van der Waals surface area contributed by atoms with Crippen LogP contribution in [0, 0.1) is 11.3 Å². The number of rotatable bonds is 4. The zero-order chi connectivity index (χ0) is 20.9. The number of piperidine rings is 1. The Morgan fingerprint density at radius 1 is 1.27 bits per heavy atom. The second kappa shape index (κ2) is 7.25. The maximum atomic E-state index is 12.7. The Morgan fingerprint density at radius 3 is 2.87 bits per heavy atom. The number of furan rings is 1. The van der Waals surface area contributed by atoms with Crippen molar-refractivity contribution in [3.8, 4) is 11.5 Å². The molecule has 0 bridgehead atoms. The topological polar surface area (TPSA) is 101 Å². The molecule has 8 heteroatoms. The number of likely N-dealkylation sites (tertiary alicyclic amines) is 1. The fourth-order valence-electron chi connectivity index (χ4n) is 4.64. The van der Waals surface area contributed by atoms with Crippen LogP contribution in [0.3, 0.4) is 0 Å². The maximum absolute atomic E-state index is 12.7. The summed E-state index contributed by atoms with van der Waals surface area (Å²) in [6.07, 6.45) is 7.12. The first-order chi connectivity index (χ1) is 14.4. The highest BCUT2D eigenvalue weighted by molar-refractivity contribution is 6.01. The lowest BCUT2D eigenvalue weighted by Crippen LogP contribution is -2.43. The van der Waals surface area contributed by atoms with Gasteiger partial charge < -0.3 is 19.2 Å². The van der Waals surface area contributed by atoms with Crippen molar-refractivity contribution in [3.05, 3.63) is 23.4 Å². The summed E-state index contributed by atoms with van der Waals surface area (Å²) in [7, 11) is 0. The van der Waals surface area contributed by atoms with E-state index in [9.17, 15) is 9.59 Å². The number of fused-ring (bicyclic) bond motifs is 1. The first-order valence-electron chi connectivity index (χ1n) is 10.9. The minimum Gasteiger partial charge on any atom is -0.468 e. The molecule has 2 amide bonds. The Hall–Kier alpha value is -2.64. The molecule has 0 aromatic carbocycles. The molecule has 1 N–H and O–H groups in total. The molecule has 2 aromatic rings. The third-order valence-corrected chi connectivity index (χ3v) is 6.70. The molecule has 2 fully saturated rings. The van der Waals surface area contributed by atoms with E-state index in [4.69, 9.17) is 8.94 Å². The largest absolute Gasteiger partial charge is 0.468 e. The van der Waals surface area contributed by atoms with Crippen molar-refractivity contribution >= 4 is 11.8 Å². The second-order valence-electron chi connectivity index (χ2n) is 9.76. The summed E-state index contributed by atoms with van der Waals surface area (Å²) in [6, 6.07) is 0. The quantitative estimate of drug-likeness (QED) is 0.828. The van der Waals surface area contributed by atoms with Gasteiger partial charge in [0.1, 0.15) is 12.0 Å². The molecule has 8 nitrogen and oxygen atoms in total. The van der Waals surface area contributed by atoms with E-state index in [-0.39, 0.29) is 23.1 Å². The Balaban J connectivity index is 1.37. The number of hydrogen-bond acceptors (Lipinski definition) is 6. The normalized spacial score (nSPS) is 24.2. The molecule has 1 atom stereocenters. The minimum absolute atomic E-state index is 0.0542. The van der Waals surface area contributed by atoms with Crippen molar-refractivity contribution in [3.63, 3.8) is 0 Å². The van der Waals surface area contributed by atoms with Gasteiger partial charge >= 0.3 is 0 Å². The van der Waals surface area contributed by atoms with Gasteiger partial charge in [0.15, 0.2) is 5.82 Å². The van der Waals surface area contributed by atoms with Crippen LogP contribution in [-0.2, 0) is 11.2 Å². The first-order valence-corrected chi connectivity index (χ1v) is 10.9. The van der Waals surface area contributed by atoms with E-state index < -0.39 is 0 Å². The lowest BCUT2D eigenvalue weighted by molar-refractivity contribution is -0.135. The highest BCUT2D eigenvalue weighted by Gasteiger charge is 2.35. The molecule has 1 unspecified atom stereocenters. The average molecular weight is 412 g/mol. The molecular formula is C22H28N4O4. The monoisotopic (exact) mass is 412 g/mol. The van der Waals surface area contributed by atoms with E-state index in [1.807, 2.05) is 4.90 Å². The van der Waals surface area contributed by atoms with E-state index in [1.165, 1.54) is 25.5 Å². The van der Waals surface area contributed by atoms with Crippen LogP contribution < -0.4 is 5.32 Å². The predicted molar refractivity (Wildman–Crippen MR) is 108 cm³/mol. The Labute approximate surface area is 175 Å². The zero-order valence-corrected chi connectivity index (χ0v) is 17.6. The Morgan fingerprint density at radius 2 is 2.10 bits per heavy atom. The molecule has 2 aromatic heterocycles. The van der Waals surface area contributed by atoms with Crippen molar-refractivity contribution in [1.29, 1.82) is 0 Å². The van der Waals surface area contributed by atoms with Crippen LogP contribution in [0.4, 0.5) is 0 Å². The molecule has 1 saturated heterocycles. The molecule has 0 spiro atoms. The van der Waals surface area contributed by atoms with Crippen molar-refractivity contribution in [2.45, 2.75) is 58.3 Å². The molecule has 1 saturated carbocycles. The lowest BCUT2D eigenvalue weighted by atomic mass is 9.84. The van der Waals surface area contributed by atoms with Crippen LogP contribution in [0.15, 0.2) is 15.2 Å². The third-order valence-electron chi connectivity index (χ3n) is 6.70. The van der Waals surface area contributed by atoms with E-state index in [0.29, 0.717) is 60.5 Å². The summed E-state index contributed by atoms with van der Waals surface area (Å²) in [5, 5.41) is 7.16. The number of nitrogens with one attached hydrogen (secondary N) is 1. The summed E-state index contributed by atoms with van der Waals surface area (Å²) in [4.78, 5) is 31.6. The van der Waals surface area contributed by atoms with Gasteiger partial charge in [-0.25, -0.2) is 0 Å². The highest BCUT2D eigenvalue weighted by atomic mass is 16.5. The van der Waals surface area contributed by atoms with Gasteiger partial charge in [0.25, 0.3) is 11.8 Å². The summed E-state index contributed by atoms with van der Waals surface area (Å²) in [5.41, 5.74) is 0.938. The number of aromatic nitrogens is 2. The van der Waals surface area contributed by atoms with Crippen molar-refractivity contribution in [2.75, 3.05) is 19.6 Å². The molecule has 3 aliphatic rings. The van der Waals surface area contributed by atoms with Crippen molar-refractivity contribution < 1.29 is 18.5 Å². The minimum atomic E-state index is -0.172. The predicted octanol–water partition coefficient (Wildman–Crippen LogP) is 3.15. The maximum Gasteiger partial charge on any atom is 0.262 e. The van der Waals surface area contributed by atoms with Gasteiger partial charge in [0, 0.05) is 38.4 Å². The molecule has 5 rings (SSSR count). The van der Waals surface area contributed by atoms with E-state index in [0.717, 1.165) is 13.0 Å². The van der Waals surface area contributed by atoms with Gasteiger partial charge in [-0.05, 0) is 30.6 Å². The van der Waals surface area contributed by atoms with Crippen LogP contribution in [0.25, 0.3) is 11.5 Å². The van der Waals surface area contributed by atoms with E-state index >= 15 is 0 Å². The van der Waals surface area contributed by atoms with Crippen LogP contribution in [-0.4, -0.2) is 46.5 Å². The van der Waals surface area contributed by atoms with Gasteiger partial charge in [0.2, 0.25) is 5.91 Å². The Bertz CT molecular complexity index is 972. The molecule has 30 heavy (non-hydrogen) atoms. The lowest BCUT2D eigenvalue weighted by Gasteiger charge is -2.36. The number of carbonyl (C=O) groups is 2. The summed E-state index contributed by atoms with van der Waals surface area (Å²) >= 11 is 0. The smallest absolute Gasteiger partial charge is 0.262 e. The van der Waals surface area contributed by atoms with Gasteiger partial charge in [-0.2, -0.15) is 4.98 Å². The van der Waals surface area contributed by atoms with Gasteiger partial charge in [0.05, 0.1) is 11.1 Å². The van der Waals surface area contributed by atoms with Crippen LogP contribution in [0.2, 0.25) is 0 Å². The van der Waals surface area contributed by atoms with Gasteiger partial charge in [-0.15, -0.1) is 0 Å². The van der Waals surface area contributed by atoms with E-state index in [1.54, 1.807) is 0 Å². The average Bonchev–Trinajstić information content (AvgIpc) is 3.28. The number of hydrogen-bond donors (Lipinski definition) is 1. The molecule has 2 aliphatic heterocycles. The van der Waals surface area contributed by atoms with Crippen LogP contribution in [0.5, 0.6) is 0 Å². The number of nitrogens with zero attached hydrogens (tertiary/aromatic N) is 3. The van der Waals surface area contributed by atoms with Crippen LogP contribution >= 0.6 is 0 Å². The summed E-state index contributed by atoms with van der Waals surface area (Å²) in [6.45, 7) is 6.24. The SMILES string of the molecule is CC1(C)CNC(=O)c2c(-c3nc(C4CCC(=O)N(CC5CCC5)C4)no3)coc2C1.